The number of unbranched alkanes of at least 4 members (excludes halogenated alkanes) is 4. The lowest BCUT2D eigenvalue weighted by Gasteiger charge is -2.39. The number of carboxylic acid groups (broad SMARTS) is 1. The molecule has 1 fully saturated rings. The zero-order valence-corrected chi connectivity index (χ0v) is 30.5. The molecular weight excluding hydrogens is 649 g/mol. The average molecular weight is 697 g/mol. The van der Waals surface area contributed by atoms with Gasteiger partial charge >= 0.3 is 5.97 Å². The molecule has 4 aromatic rings. The summed E-state index contributed by atoms with van der Waals surface area (Å²) in [5, 5.41) is 12.3. The van der Waals surface area contributed by atoms with Crippen molar-refractivity contribution in [3.8, 4) is 28.3 Å². The number of rotatable bonds is 15. The molecule has 50 heavy (non-hydrogen) atoms. The van der Waals surface area contributed by atoms with Gasteiger partial charge in [0.25, 0.3) is 5.91 Å². The number of aryl methyl sites for hydroxylation is 1. The predicted octanol–water partition coefficient (Wildman–Crippen LogP) is 7.71. The number of likely N-dealkylation sites (tertiary alicyclic amines) is 1. The molecule has 0 spiro atoms. The van der Waals surface area contributed by atoms with E-state index >= 15 is 0 Å². The van der Waals surface area contributed by atoms with Crippen LogP contribution in [0.1, 0.15) is 85.5 Å². The van der Waals surface area contributed by atoms with Crippen LogP contribution in [-0.2, 0) is 21.4 Å². The molecule has 5 rings (SSSR count). The van der Waals surface area contributed by atoms with Crippen LogP contribution in [0.2, 0.25) is 0 Å². The molecule has 0 bridgehead atoms. The summed E-state index contributed by atoms with van der Waals surface area (Å²) in [5.74, 6) is -0.660. The smallest absolute Gasteiger partial charge is 0.310 e. The second-order valence-electron chi connectivity index (χ2n) is 14.2. The Morgan fingerprint density at radius 3 is 2.28 bits per heavy atom. The first kappa shape index (κ1) is 36.7. The van der Waals surface area contributed by atoms with E-state index in [1.165, 1.54) is 41.9 Å². The zero-order chi connectivity index (χ0) is 35.8. The lowest BCUT2D eigenvalue weighted by atomic mass is 9.95. The Bertz CT molecular complexity index is 1770. The molecule has 0 radical (unpaired) electrons. The van der Waals surface area contributed by atoms with Crippen LogP contribution in [0.3, 0.4) is 0 Å². The molecule has 2 aromatic carbocycles. The summed E-state index contributed by atoms with van der Waals surface area (Å²) in [6, 6.07) is 16.7. The van der Waals surface area contributed by atoms with Gasteiger partial charge in [-0.05, 0) is 59.7 Å². The fraction of sp³-hybridized carbons (Fsp3) is 0.425. The number of benzene rings is 2. The summed E-state index contributed by atoms with van der Waals surface area (Å²) in [4.78, 5) is 50.7. The Morgan fingerprint density at radius 1 is 0.960 bits per heavy atom. The van der Waals surface area contributed by atoms with Crippen molar-refractivity contribution in [1.29, 1.82) is 0 Å². The van der Waals surface area contributed by atoms with E-state index < -0.39 is 17.9 Å². The number of hydrogen-bond donors (Lipinski definition) is 2. The summed E-state index contributed by atoms with van der Waals surface area (Å²) in [7, 11) is 0. The third-order valence-electron chi connectivity index (χ3n) is 9.04. The number of aliphatic carboxylic acids is 1. The quantitative estimate of drug-likeness (QED) is 0.122. The van der Waals surface area contributed by atoms with Gasteiger partial charge in [-0.25, -0.2) is 9.97 Å². The summed E-state index contributed by atoms with van der Waals surface area (Å²) < 4.78 is 5.90. The summed E-state index contributed by atoms with van der Waals surface area (Å²) in [6.45, 7) is 11.5. The molecule has 0 saturated carbocycles. The number of hydrogen-bond acceptors (Lipinski definition) is 7. The number of ether oxygens (including phenoxy) is 1. The molecule has 1 aliphatic heterocycles. The van der Waals surface area contributed by atoms with Crippen LogP contribution in [0.4, 0.5) is 0 Å². The van der Waals surface area contributed by atoms with Gasteiger partial charge in [0.1, 0.15) is 11.8 Å². The summed E-state index contributed by atoms with van der Waals surface area (Å²) in [5.41, 5.74) is 4.48. The van der Waals surface area contributed by atoms with Crippen LogP contribution < -0.4 is 10.1 Å². The van der Waals surface area contributed by atoms with Crippen LogP contribution in [0, 0.1) is 12.8 Å². The van der Waals surface area contributed by atoms with Crippen LogP contribution in [-0.4, -0.2) is 63.5 Å². The maximum absolute atomic E-state index is 13.6. The molecule has 2 amide bonds. The number of carbonyl (C=O) groups is 3. The van der Waals surface area contributed by atoms with Gasteiger partial charge in [0, 0.05) is 47.9 Å². The van der Waals surface area contributed by atoms with E-state index in [9.17, 15) is 19.5 Å². The van der Waals surface area contributed by atoms with Crippen LogP contribution in [0.25, 0.3) is 22.5 Å². The van der Waals surface area contributed by atoms with Crippen molar-refractivity contribution in [2.24, 2.45) is 5.92 Å². The molecule has 3 heterocycles. The number of aromatic nitrogens is 2. The third-order valence-corrected chi connectivity index (χ3v) is 10.6. The zero-order valence-electron chi connectivity index (χ0n) is 29.7. The van der Waals surface area contributed by atoms with Crippen molar-refractivity contribution in [2.75, 3.05) is 19.7 Å². The highest BCUT2D eigenvalue weighted by Gasteiger charge is 2.39. The molecule has 1 saturated heterocycles. The highest BCUT2D eigenvalue weighted by Crippen LogP contribution is 2.30. The van der Waals surface area contributed by atoms with Crippen molar-refractivity contribution in [3.05, 3.63) is 87.9 Å². The maximum atomic E-state index is 13.6. The Kier molecular flexibility index (Phi) is 12.1. The molecule has 2 N–H and O–H groups in total. The molecule has 0 aliphatic carbocycles. The number of thiophene rings is 1. The molecule has 9 nitrogen and oxygen atoms in total. The monoisotopic (exact) mass is 696 g/mol. The highest BCUT2D eigenvalue weighted by molar-refractivity contribution is 7.14. The van der Waals surface area contributed by atoms with Gasteiger partial charge in [-0.15, -0.1) is 11.3 Å². The van der Waals surface area contributed by atoms with Gasteiger partial charge in [0.05, 0.1) is 17.4 Å². The number of nitrogens with one attached hydrogen (secondary N) is 1. The Labute approximate surface area is 299 Å². The molecule has 1 aliphatic rings. The first-order valence-electron chi connectivity index (χ1n) is 17.5. The molecule has 1 unspecified atom stereocenters. The van der Waals surface area contributed by atoms with E-state index in [1.807, 2.05) is 67.8 Å². The van der Waals surface area contributed by atoms with Crippen molar-refractivity contribution in [1.82, 2.24) is 20.2 Å². The fourth-order valence-corrected chi connectivity index (χ4v) is 6.89. The Morgan fingerprint density at radius 2 is 1.66 bits per heavy atom. The molecular formula is C40H48N4O5S. The minimum Gasteiger partial charge on any atom is -0.494 e. The minimum atomic E-state index is -0.921. The van der Waals surface area contributed by atoms with E-state index in [1.54, 1.807) is 6.07 Å². The molecule has 264 valence electrons. The fourth-order valence-electron chi connectivity index (χ4n) is 5.92. The molecule has 10 heteroatoms. The summed E-state index contributed by atoms with van der Waals surface area (Å²) >= 11 is 1.41. The number of carbonyl (C=O) groups excluding carboxylic acids is 2. The van der Waals surface area contributed by atoms with Gasteiger partial charge in [0.15, 0.2) is 5.82 Å². The SMILES string of the molecule is CCCCCCCOc1ccc(-c2cnc(-c3ccc(CC(NC(=O)c4ccc(C(C)(C)C)s4)C(=O)N4CC(C(=O)O)C4)cc3C)nc2)cc1. The second-order valence-corrected chi connectivity index (χ2v) is 15.2. The maximum Gasteiger partial charge on any atom is 0.310 e. The second kappa shape index (κ2) is 16.4. The topological polar surface area (TPSA) is 122 Å². The molecule has 2 aromatic heterocycles. The average Bonchev–Trinajstić information content (AvgIpc) is 3.58. The first-order valence-corrected chi connectivity index (χ1v) is 18.3. The van der Waals surface area contributed by atoms with Crippen molar-refractivity contribution >= 4 is 29.1 Å². The van der Waals surface area contributed by atoms with E-state index in [4.69, 9.17) is 4.74 Å². The third kappa shape index (κ3) is 9.35. The highest BCUT2D eigenvalue weighted by atomic mass is 32.1. The Hall–Kier alpha value is -4.57. The van der Waals surface area contributed by atoms with Gasteiger partial charge < -0.3 is 20.1 Å². The summed E-state index contributed by atoms with van der Waals surface area (Å²) in [6.07, 6.45) is 9.92. The first-order chi connectivity index (χ1) is 23.9. The normalized spacial score (nSPS) is 13.8. The van der Waals surface area contributed by atoms with E-state index in [0.29, 0.717) is 10.7 Å². The van der Waals surface area contributed by atoms with Gasteiger partial charge in [-0.2, -0.15) is 0 Å². The van der Waals surface area contributed by atoms with E-state index in [-0.39, 0.29) is 36.7 Å². The van der Waals surface area contributed by atoms with Crippen LogP contribution in [0.15, 0.2) is 67.0 Å². The standard InChI is InChI=1S/C40H48N4O5S/c1-6-7-8-9-10-19-49-31-14-12-28(13-15-31)29-22-41-36(42-23-29)32-16-11-27(20-26(32)2)21-33(38(46)44-24-30(25-44)39(47)48)43-37(45)34-17-18-35(50-34)40(3,4)5/h11-18,20,22-23,30,33H,6-10,19,21,24-25H2,1-5H3,(H,43,45)(H,47,48). The molecule has 1 atom stereocenters. The largest absolute Gasteiger partial charge is 0.494 e. The number of carboxylic acids is 1. The number of amides is 2. The van der Waals surface area contributed by atoms with Crippen molar-refractivity contribution < 1.29 is 24.2 Å². The van der Waals surface area contributed by atoms with Gasteiger partial charge in [-0.3, -0.25) is 14.4 Å². The van der Waals surface area contributed by atoms with Crippen molar-refractivity contribution in [2.45, 2.75) is 84.6 Å². The van der Waals surface area contributed by atoms with Crippen LogP contribution >= 0.6 is 11.3 Å². The lowest BCUT2D eigenvalue weighted by Crippen LogP contribution is -2.59. The van der Waals surface area contributed by atoms with E-state index in [0.717, 1.165) is 51.5 Å². The van der Waals surface area contributed by atoms with E-state index in [2.05, 4.69) is 43.0 Å². The lowest BCUT2D eigenvalue weighted by molar-refractivity contribution is -0.153. The van der Waals surface area contributed by atoms with Gasteiger partial charge in [0.2, 0.25) is 5.91 Å². The van der Waals surface area contributed by atoms with Gasteiger partial charge in [-0.1, -0.05) is 83.7 Å². The number of nitrogens with zero attached hydrogens (tertiary/aromatic N) is 3. The minimum absolute atomic E-state index is 0.0983. The Balaban J connectivity index is 1.25. The predicted molar refractivity (Wildman–Crippen MR) is 198 cm³/mol. The van der Waals surface area contributed by atoms with Crippen LogP contribution in [0.5, 0.6) is 5.75 Å². The van der Waals surface area contributed by atoms with Crippen molar-refractivity contribution in [3.63, 3.8) is 0 Å².